The lowest BCUT2D eigenvalue weighted by Gasteiger charge is -2.17. The Kier molecular flexibility index (Phi) is 7.57. The molecule has 2 amide bonds. The number of hydrogen-bond acceptors (Lipinski definition) is 4. The number of benzene rings is 1. The average Bonchev–Trinajstić information content (AvgIpc) is 2.52. The van der Waals surface area contributed by atoms with Gasteiger partial charge in [0.15, 0.2) is 0 Å². The summed E-state index contributed by atoms with van der Waals surface area (Å²) in [6.07, 6.45) is 0.393. The van der Waals surface area contributed by atoms with E-state index in [0.717, 1.165) is 5.56 Å². The first-order valence-corrected chi connectivity index (χ1v) is 9.69. The molecule has 0 aliphatic heterocycles. The van der Waals surface area contributed by atoms with Crippen LogP contribution >= 0.6 is 0 Å². The minimum Gasteiger partial charge on any atom is -0.368 e. The van der Waals surface area contributed by atoms with Crippen LogP contribution in [-0.4, -0.2) is 32.8 Å². The average molecular weight is 369 g/mol. The second-order valence-electron chi connectivity index (χ2n) is 6.70. The highest BCUT2D eigenvalue weighted by molar-refractivity contribution is 7.89. The van der Waals surface area contributed by atoms with Gasteiger partial charge in [-0.15, -0.1) is 0 Å². The molecule has 25 heavy (non-hydrogen) atoms. The number of carbonyl (C=O) groups is 2. The molecule has 0 bridgehead atoms. The third-order valence-electron chi connectivity index (χ3n) is 3.67. The number of nitrogens with two attached hydrogens (primary N) is 1. The topological polar surface area (TPSA) is 118 Å². The van der Waals surface area contributed by atoms with E-state index in [1.807, 2.05) is 27.7 Å². The zero-order valence-corrected chi connectivity index (χ0v) is 15.9. The molecule has 0 aliphatic carbocycles. The van der Waals surface area contributed by atoms with E-state index in [2.05, 4.69) is 10.0 Å². The number of sulfonamides is 1. The summed E-state index contributed by atoms with van der Waals surface area (Å²) >= 11 is 0. The third-order valence-corrected chi connectivity index (χ3v) is 5.08. The van der Waals surface area contributed by atoms with Crippen LogP contribution < -0.4 is 15.8 Å². The number of rotatable bonds is 9. The first kappa shape index (κ1) is 21.1. The molecule has 1 rings (SSSR count). The van der Waals surface area contributed by atoms with Crippen molar-refractivity contribution in [1.29, 1.82) is 0 Å². The monoisotopic (exact) mass is 369 g/mol. The molecule has 4 N–H and O–H groups in total. The largest absolute Gasteiger partial charge is 0.368 e. The number of carbonyl (C=O) groups excluding carboxylic acids is 2. The van der Waals surface area contributed by atoms with Crippen LogP contribution in [0.25, 0.3) is 0 Å². The molecule has 1 atom stereocenters. The van der Waals surface area contributed by atoms with Crippen molar-refractivity contribution in [3.63, 3.8) is 0 Å². The lowest BCUT2D eigenvalue weighted by molar-refractivity contribution is -0.127. The summed E-state index contributed by atoms with van der Waals surface area (Å²) < 4.78 is 26.7. The first-order valence-electron chi connectivity index (χ1n) is 8.21. The Balaban J connectivity index is 2.68. The lowest BCUT2D eigenvalue weighted by Crippen LogP contribution is -2.48. The van der Waals surface area contributed by atoms with Crippen LogP contribution in [0.15, 0.2) is 29.2 Å². The van der Waals surface area contributed by atoms with Crippen molar-refractivity contribution in [2.45, 2.75) is 51.0 Å². The van der Waals surface area contributed by atoms with E-state index in [-0.39, 0.29) is 10.8 Å². The van der Waals surface area contributed by atoms with Crippen molar-refractivity contribution < 1.29 is 18.0 Å². The van der Waals surface area contributed by atoms with Gasteiger partial charge in [0.1, 0.15) is 6.04 Å². The van der Waals surface area contributed by atoms with Crippen LogP contribution in [0, 0.1) is 5.92 Å². The van der Waals surface area contributed by atoms with Gasteiger partial charge in [0.25, 0.3) is 0 Å². The van der Waals surface area contributed by atoms with Gasteiger partial charge >= 0.3 is 0 Å². The molecule has 7 nitrogen and oxygen atoms in total. The summed E-state index contributed by atoms with van der Waals surface area (Å²) in [6.45, 7) is 7.35. The SMILES string of the molecule is CC(C)CC(NC(=O)CNS(=O)(=O)c1ccc(C(C)C)cc1)C(N)=O. The molecule has 1 unspecified atom stereocenters. The quantitative estimate of drug-likeness (QED) is 0.604. The number of nitrogens with one attached hydrogen (secondary N) is 2. The van der Waals surface area contributed by atoms with Gasteiger partial charge in [0, 0.05) is 0 Å². The molecular formula is C17H27N3O4S. The number of primary amides is 1. The predicted octanol–water partition coefficient (Wildman–Crippen LogP) is 1.10. The van der Waals surface area contributed by atoms with Crippen molar-refractivity contribution in [2.75, 3.05) is 6.54 Å². The second-order valence-corrected chi connectivity index (χ2v) is 8.47. The van der Waals surface area contributed by atoms with E-state index in [0.29, 0.717) is 12.3 Å². The Hall–Kier alpha value is -1.93. The normalized spacial score (nSPS) is 13.0. The summed E-state index contributed by atoms with van der Waals surface area (Å²) in [5, 5.41) is 2.46. The summed E-state index contributed by atoms with van der Waals surface area (Å²) in [5.74, 6) is -0.794. The van der Waals surface area contributed by atoms with Crippen LogP contribution in [0.5, 0.6) is 0 Å². The molecule has 0 saturated heterocycles. The Bertz CT molecular complexity index is 697. The van der Waals surface area contributed by atoms with Crippen LogP contribution in [0.2, 0.25) is 0 Å². The van der Waals surface area contributed by atoms with Gasteiger partial charge in [0.2, 0.25) is 21.8 Å². The first-order chi connectivity index (χ1) is 11.5. The van der Waals surface area contributed by atoms with Gasteiger partial charge in [-0.2, -0.15) is 0 Å². The molecule has 0 fully saturated rings. The van der Waals surface area contributed by atoms with Crippen LogP contribution in [0.3, 0.4) is 0 Å². The molecule has 1 aromatic rings. The van der Waals surface area contributed by atoms with Gasteiger partial charge in [-0.05, 0) is 36.0 Å². The molecule has 0 saturated carbocycles. The summed E-state index contributed by atoms with van der Waals surface area (Å²) in [4.78, 5) is 23.3. The fraction of sp³-hybridized carbons (Fsp3) is 0.529. The molecule has 0 aliphatic rings. The second kappa shape index (κ2) is 8.96. The minimum atomic E-state index is -3.80. The minimum absolute atomic E-state index is 0.0818. The predicted molar refractivity (Wildman–Crippen MR) is 96.3 cm³/mol. The van der Waals surface area contributed by atoms with E-state index in [4.69, 9.17) is 5.73 Å². The van der Waals surface area contributed by atoms with E-state index in [1.165, 1.54) is 12.1 Å². The van der Waals surface area contributed by atoms with Crippen LogP contribution in [0.1, 0.15) is 45.6 Å². The highest BCUT2D eigenvalue weighted by atomic mass is 32.2. The van der Waals surface area contributed by atoms with E-state index in [9.17, 15) is 18.0 Å². The molecule has 0 spiro atoms. The highest BCUT2D eigenvalue weighted by Crippen LogP contribution is 2.17. The van der Waals surface area contributed by atoms with Gasteiger partial charge < -0.3 is 11.1 Å². The Morgan fingerprint density at radius 3 is 2.08 bits per heavy atom. The van der Waals surface area contributed by atoms with Gasteiger partial charge in [-0.25, -0.2) is 13.1 Å². The standard InChI is InChI=1S/C17H27N3O4S/c1-11(2)9-15(17(18)22)20-16(21)10-19-25(23,24)14-7-5-13(6-8-14)12(3)4/h5-8,11-12,15,19H,9-10H2,1-4H3,(H2,18,22)(H,20,21). The Labute approximate surface area is 149 Å². The van der Waals surface area contributed by atoms with Crippen molar-refractivity contribution >= 4 is 21.8 Å². The molecular weight excluding hydrogens is 342 g/mol. The maximum Gasteiger partial charge on any atom is 0.241 e. The van der Waals surface area contributed by atoms with Crippen molar-refractivity contribution in [3.05, 3.63) is 29.8 Å². The lowest BCUT2D eigenvalue weighted by atomic mass is 10.0. The smallest absolute Gasteiger partial charge is 0.241 e. The zero-order valence-electron chi connectivity index (χ0n) is 15.1. The fourth-order valence-corrected chi connectivity index (χ4v) is 3.22. The summed E-state index contributed by atoms with van der Waals surface area (Å²) in [7, 11) is -3.80. The Morgan fingerprint density at radius 1 is 1.08 bits per heavy atom. The molecule has 0 aromatic heterocycles. The molecule has 140 valence electrons. The third kappa shape index (κ3) is 6.83. The molecule has 0 radical (unpaired) electrons. The highest BCUT2D eigenvalue weighted by Gasteiger charge is 2.21. The summed E-state index contributed by atoms with van der Waals surface area (Å²) in [6, 6.07) is 5.67. The van der Waals surface area contributed by atoms with E-state index >= 15 is 0 Å². The van der Waals surface area contributed by atoms with Crippen molar-refractivity contribution in [2.24, 2.45) is 11.7 Å². The zero-order chi connectivity index (χ0) is 19.2. The van der Waals surface area contributed by atoms with Gasteiger partial charge in [-0.1, -0.05) is 39.8 Å². The van der Waals surface area contributed by atoms with Crippen LogP contribution in [-0.2, 0) is 19.6 Å². The van der Waals surface area contributed by atoms with E-state index in [1.54, 1.807) is 12.1 Å². The van der Waals surface area contributed by atoms with Gasteiger partial charge in [0.05, 0.1) is 11.4 Å². The van der Waals surface area contributed by atoms with Crippen molar-refractivity contribution in [3.8, 4) is 0 Å². The molecule has 0 heterocycles. The summed E-state index contributed by atoms with van der Waals surface area (Å²) in [5.41, 5.74) is 6.28. The Morgan fingerprint density at radius 2 is 1.64 bits per heavy atom. The molecule has 8 heteroatoms. The van der Waals surface area contributed by atoms with E-state index < -0.39 is 34.4 Å². The van der Waals surface area contributed by atoms with Gasteiger partial charge in [-0.3, -0.25) is 9.59 Å². The maximum absolute atomic E-state index is 12.2. The molecule has 1 aromatic carbocycles. The van der Waals surface area contributed by atoms with Crippen LogP contribution in [0.4, 0.5) is 0 Å². The van der Waals surface area contributed by atoms with Crippen molar-refractivity contribution in [1.82, 2.24) is 10.0 Å². The number of amides is 2. The fourth-order valence-electron chi connectivity index (χ4n) is 2.24. The number of hydrogen-bond donors (Lipinski definition) is 3. The maximum atomic E-state index is 12.2.